The van der Waals surface area contributed by atoms with E-state index in [1.807, 2.05) is 37.3 Å². The molecule has 2 aromatic heterocycles. The van der Waals surface area contributed by atoms with Gasteiger partial charge in [-0.15, -0.1) is 11.8 Å². The van der Waals surface area contributed by atoms with E-state index in [0.717, 1.165) is 10.5 Å². The van der Waals surface area contributed by atoms with Crippen LogP contribution in [-0.2, 0) is 22.6 Å². The highest BCUT2D eigenvalue weighted by molar-refractivity contribution is 8.01. The van der Waals surface area contributed by atoms with Gasteiger partial charge < -0.3 is 4.74 Å². The summed E-state index contributed by atoms with van der Waals surface area (Å²) >= 11 is 1.53. The third-order valence-electron chi connectivity index (χ3n) is 4.13. The van der Waals surface area contributed by atoms with E-state index in [1.165, 1.54) is 27.8 Å². The summed E-state index contributed by atoms with van der Waals surface area (Å²) < 4.78 is 6.89. The number of hydrogen-bond acceptors (Lipinski definition) is 5. The van der Waals surface area contributed by atoms with E-state index in [2.05, 4.69) is 4.98 Å². The summed E-state index contributed by atoms with van der Waals surface area (Å²) in [4.78, 5) is 30.0. The number of esters is 1. The van der Waals surface area contributed by atoms with Crippen molar-refractivity contribution in [1.29, 1.82) is 0 Å². The molecule has 0 bridgehead atoms. The maximum absolute atomic E-state index is 12.3. The fourth-order valence-electron chi connectivity index (χ4n) is 2.88. The van der Waals surface area contributed by atoms with Crippen LogP contribution in [0.4, 0.5) is 0 Å². The molecule has 0 unspecified atom stereocenters. The van der Waals surface area contributed by atoms with Crippen LogP contribution >= 0.6 is 11.8 Å². The van der Waals surface area contributed by atoms with Gasteiger partial charge in [-0.1, -0.05) is 24.3 Å². The van der Waals surface area contributed by atoms with Gasteiger partial charge in [0.2, 0.25) is 0 Å². The van der Waals surface area contributed by atoms with Crippen molar-refractivity contribution in [1.82, 2.24) is 9.38 Å². The van der Waals surface area contributed by atoms with Crippen LogP contribution < -0.4 is 5.56 Å². The summed E-state index contributed by atoms with van der Waals surface area (Å²) in [5.74, 6) is -0.271. The van der Waals surface area contributed by atoms with Crippen LogP contribution in [0.3, 0.4) is 0 Å². The second-order valence-electron chi connectivity index (χ2n) is 6.05. The topological polar surface area (TPSA) is 60.7 Å². The lowest BCUT2D eigenvalue weighted by atomic mass is 10.1. The molecule has 6 heteroatoms. The average molecular weight is 352 g/mol. The fraction of sp³-hybridized carbons (Fsp3) is 0.211. The van der Waals surface area contributed by atoms with Crippen LogP contribution in [0.15, 0.2) is 58.4 Å². The SMILES string of the molecule is Cc1ccc2nc(COC(=O)[C@@H]3Cc4ccccc4S3)cc(=O)n2c1. The molecule has 5 nitrogen and oxygen atoms in total. The van der Waals surface area contributed by atoms with Gasteiger partial charge in [0.15, 0.2) is 0 Å². The van der Waals surface area contributed by atoms with Gasteiger partial charge in [0.25, 0.3) is 5.56 Å². The fourth-order valence-corrected chi connectivity index (χ4v) is 4.08. The molecule has 126 valence electrons. The number of fused-ring (bicyclic) bond motifs is 2. The van der Waals surface area contributed by atoms with Gasteiger partial charge in [-0.05, 0) is 36.6 Å². The smallest absolute Gasteiger partial charge is 0.320 e. The molecule has 0 aliphatic carbocycles. The predicted molar refractivity (Wildman–Crippen MR) is 95.8 cm³/mol. The highest BCUT2D eigenvalue weighted by atomic mass is 32.2. The molecule has 0 saturated carbocycles. The minimum absolute atomic E-state index is 0.00581. The molecule has 0 N–H and O–H groups in total. The lowest BCUT2D eigenvalue weighted by Gasteiger charge is -2.09. The Hall–Kier alpha value is -2.60. The third-order valence-corrected chi connectivity index (χ3v) is 5.43. The van der Waals surface area contributed by atoms with Crippen molar-refractivity contribution in [3.63, 3.8) is 0 Å². The number of carbonyl (C=O) groups is 1. The van der Waals surface area contributed by atoms with E-state index < -0.39 is 0 Å². The van der Waals surface area contributed by atoms with Gasteiger partial charge in [-0.25, -0.2) is 4.98 Å². The molecule has 0 amide bonds. The Bertz CT molecular complexity index is 1000. The summed E-state index contributed by atoms with van der Waals surface area (Å²) in [5, 5.41) is -0.235. The second kappa shape index (κ2) is 6.37. The van der Waals surface area contributed by atoms with Crippen molar-refractivity contribution in [3.05, 3.63) is 75.8 Å². The van der Waals surface area contributed by atoms with Crippen LogP contribution in [-0.4, -0.2) is 20.6 Å². The van der Waals surface area contributed by atoms with E-state index in [1.54, 1.807) is 12.3 Å². The van der Waals surface area contributed by atoms with Crippen molar-refractivity contribution in [2.24, 2.45) is 0 Å². The summed E-state index contributed by atoms with van der Waals surface area (Å²) in [6.07, 6.45) is 2.42. The number of carbonyl (C=O) groups excluding carboxylic acids is 1. The van der Waals surface area contributed by atoms with Crippen LogP contribution in [0, 0.1) is 6.92 Å². The highest BCUT2D eigenvalue weighted by Gasteiger charge is 2.29. The summed E-state index contributed by atoms with van der Waals surface area (Å²) in [6.45, 7) is 1.92. The number of nitrogens with zero attached hydrogens (tertiary/aromatic N) is 2. The number of ether oxygens (including phenoxy) is 1. The molecule has 1 atom stereocenters. The van der Waals surface area contributed by atoms with Crippen molar-refractivity contribution >= 4 is 23.4 Å². The van der Waals surface area contributed by atoms with Gasteiger partial charge in [-0.2, -0.15) is 0 Å². The normalized spacial score (nSPS) is 16.0. The first-order chi connectivity index (χ1) is 12.1. The summed E-state index contributed by atoms with van der Waals surface area (Å²) in [6, 6.07) is 13.1. The molecule has 3 aromatic rings. The maximum Gasteiger partial charge on any atom is 0.320 e. The van der Waals surface area contributed by atoms with E-state index in [4.69, 9.17) is 4.74 Å². The van der Waals surface area contributed by atoms with Crippen LogP contribution in [0.5, 0.6) is 0 Å². The number of benzene rings is 1. The van der Waals surface area contributed by atoms with Crippen molar-refractivity contribution in [2.75, 3.05) is 0 Å². The molecule has 0 spiro atoms. The number of hydrogen-bond donors (Lipinski definition) is 0. The van der Waals surface area contributed by atoms with Gasteiger partial charge >= 0.3 is 5.97 Å². The molecule has 1 aliphatic heterocycles. The monoisotopic (exact) mass is 352 g/mol. The van der Waals surface area contributed by atoms with Crippen LogP contribution in [0.2, 0.25) is 0 Å². The lowest BCUT2D eigenvalue weighted by molar-refractivity contribution is -0.144. The second-order valence-corrected chi connectivity index (χ2v) is 7.29. The first kappa shape index (κ1) is 15.9. The molecule has 4 rings (SSSR count). The molecule has 1 aliphatic rings. The van der Waals surface area contributed by atoms with Crippen molar-refractivity contribution in [2.45, 2.75) is 30.1 Å². The Labute approximate surface area is 148 Å². The van der Waals surface area contributed by atoms with Gasteiger partial charge in [0, 0.05) is 17.2 Å². The Balaban J connectivity index is 1.47. The zero-order chi connectivity index (χ0) is 17.4. The number of aryl methyl sites for hydroxylation is 1. The van der Waals surface area contributed by atoms with Gasteiger partial charge in [0.1, 0.15) is 17.5 Å². The molecule has 0 saturated heterocycles. The maximum atomic E-state index is 12.3. The molecular formula is C19H16N2O3S. The van der Waals surface area contributed by atoms with E-state index >= 15 is 0 Å². The number of aromatic nitrogens is 2. The molecule has 0 radical (unpaired) electrons. The van der Waals surface area contributed by atoms with Crippen LogP contribution in [0.25, 0.3) is 5.65 Å². The summed E-state index contributed by atoms with van der Waals surface area (Å²) in [5.41, 5.74) is 2.98. The minimum Gasteiger partial charge on any atom is -0.458 e. The van der Waals surface area contributed by atoms with E-state index in [0.29, 0.717) is 17.8 Å². The molecule has 3 heterocycles. The van der Waals surface area contributed by atoms with Crippen molar-refractivity contribution < 1.29 is 9.53 Å². The lowest BCUT2D eigenvalue weighted by Crippen LogP contribution is -2.21. The predicted octanol–water partition coefficient (Wildman–Crippen LogP) is 2.76. The largest absolute Gasteiger partial charge is 0.458 e. The first-order valence-electron chi connectivity index (χ1n) is 8.00. The third kappa shape index (κ3) is 3.17. The standard InChI is InChI=1S/C19H16N2O3S/c1-12-6-7-17-20-14(9-18(22)21(17)10-12)11-24-19(23)16-8-13-4-2-3-5-15(13)25-16/h2-7,9-10,16H,8,11H2,1H3/t16-/m0/s1. The molecule has 0 fully saturated rings. The number of rotatable bonds is 3. The Morgan fingerprint density at radius 1 is 1.32 bits per heavy atom. The van der Waals surface area contributed by atoms with Gasteiger partial charge in [0.05, 0.1) is 5.69 Å². The molecule has 25 heavy (non-hydrogen) atoms. The summed E-state index contributed by atoms with van der Waals surface area (Å²) in [7, 11) is 0. The number of pyridine rings is 1. The van der Waals surface area contributed by atoms with E-state index in [9.17, 15) is 9.59 Å². The van der Waals surface area contributed by atoms with Crippen molar-refractivity contribution in [3.8, 4) is 0 Å². The molecule has 1 aromatic carbocycles. The zero-order valence-electron chi connectivity index (χ0n) is 13.6. The quantitative estimate of drug-likeness (QED) is 0.679. The van der Waals surface area contributed by atoms with Crippen LogP contribution in [0.1, 0.15) is 16.8 Å². The highest BCUT2D eigenvalue weighted by Crippen LogP contribution is 2.37. The van der Waals surface area contributed by atoms with E-state index in [-0.39, 0.29) is 23.4 Å². The molecular weight excluding hydrogens is 336 g/mol. The Kier molecular flexibility index (Phi) is 4.05. The Morgan fingerprint density at radius 3 is 3.00 bits per heavy atom. The first-order valence-corrected chi connectivity index (χ1v) is 8.88. The Morgan fingerprint density at radius 2 is 2.16 bits per heavy atom. The zero-order valence-corrected chi connectivity index (χ0v) is 14.5. The van der Waals surface area contributed by atoms with Gasteiger partial charge in [-0.3, -0.25) is 14.0 Å². The average Bonchev–Trinajstić information content (AvgIpc) is 3.04. The number of thioether (sulfide) groups is 1. The minimum atomic E-state index is -0.271.